The van der Waals surface area contributed by atoms with Crippen LogP contribution in [0.25, 0.3) is 0 Å². The number of allylic oxidation sites excluding steroid dienone is 1. The van der Waals surface area contributed by atoms with E-state index in [0.29, 0.717) is 0 Å². The average molecular weight is 150 g/mol. The summed E-state index contributed by atoms with van der Waals surface area (Å²) >= 11 is 0. The Morgan fingerprint density at radius 2 is 2.00 bits per heavy atom. The van der Waals surface area contributed by atoms with Gasteiger partial charge in [0.2, 0.25) is 0 Å². The van der Waals surface area contributed by atoms with Crippen LogP contribution in [0, 0.1) is 29.6 Å². The monoisotopic (exact) mass is 150 g/mol. The van der Waals surface area contributed by atoms with E-state index in [2.05, 4.69) is 6.58 Å². The first kappa shape index (κ1) is 6.10. The molecule has 0 aliphatic heterocycles. The van der Waals surface area contributed by atoms with Crippen LogP contribution in [0.2, 0.25) is 0 Å². The molecule has 0 amide bonds. The third-order valence-corrected chi connectivity index (χ3v) is 4.10. The van der Waals surface area contributed by atoms with Crippen molar-refractivity contribution in [2.45, 2.75) is 12.8 Å². The van der Waals surface area contributed by atoms with E-state index in [4.69, 9.17) is 4.74 Å². The molecular weight excluding hydrogens is 136 g/mol. The first-order valence-electron chi connectivity index (χ1n) is 4.55. The molecule has 11 heavy (non-hydrogen) atoms. The van der Waals surface area contributed by atoms with Gasteiger partial charge >= 0.3 is 0 Å². The Morgan fingerprint density at radius 3 is 2.36 bits per heavy atom. The molecule has 0 spiro atoms. The molecule has 0 aromatic carbocycles. The zero-order valence-electron chi connectivity index (χ0n) is 6.92. The van der Waals surface area contributed by atoms with Crippen molar-refractivity contribution in [1.29, 1.82) is 0 Å². The van der Waals surface area contributed by atoms with Crippen molar-refractivity contribution in [1.82, 2.24) is 0 Å². The Kier molecular flexibility index (Phi) is 0.915. The molecule has 3 atom stereocenters. The highest BCUT2D eigenvalue weighted by Crippen LogP contribution is 2.74. The van der Waals surface area contributed by atoms with E-state index in [9.17, 15) is 0 Å². The minimum absolute atomic E-state index is 0.745. The highest BCUT2D eigenvalue weighted by Gasteiger charge is 2.69. The molecule has 1 heteroatoms. The fourth-order valence-electron chi connectivity index (χ4n) is 3.69. The van der Waals surface area contributed by atoms with E-state index < -0.39 is 0 Å². The topological polar surface area (TPSA) is 9.23 Å². The van der Waals surface area contributed by atoms with Gasteiger partial charge in [-0.2, -0.15) is 0 Å². The second-order valence-electron chi connectivity index (χ2n) is 4.33. The molecule has 4 aliphatic carbocycles. The molecular formula is C10H14O. The first-order chi connectivity index (χ1) is 5.33. The zero-order valence-corrected chi connectivity index (χ0v) is 6.92. The highest BCUT2D eigenvalue weighted by molar-refractivity contribution is 5.22. The lowest BCUT2D eigenvalue weighted by Gasteiger charge is -2.15. The summed E-state index contributed by atoms with van der Waals surface area (Å²) in [4.78, 5) is 0. The van der Waals surface area contributed by atoms with Crippen molar-refractivity contribution >= 4 is 0 Å². The van der Waals surface area contributed by atoms with Gasteiger partial charge in [-0.05, 0) is 36.5 Å². The van der Waals surface area contributed by atoms with E-state index in [1.54, 1.807) is 7.11 Å². The van der Waals surface area contributed by atoms with Gasteiger partial charge in [-0.3, -0.25) is 0 Å². The molecule has 4 bridgehead atoms. The minimum atomic E-state index is 0.745. The lowest BCUT2D eigenvalue weighted by molar-refractivity contribution is 0.222. The summed E-state index contributed by atoms with van der Waals surface area (Å²) in [6.07, 6.45) is 2.95. The molecule has 4 aliphatic rings. The largest absolute Gasteiger partial charge is 0.501 e. The van der Waals surface area contributed by atoms with Crippen LogP contribution in [0.4, 0.5) is 0 Å². The Balaban J connectivity index is 1.86. The molecule has 1 nitrogen and oxygen atoms in total. The Hall–Kier alpha value is -0.460. The summed E-state index contributed by atoms with van der Waals surface area (Å²) in [5.41, 5.74) is 0. The third-order valence-electron chi connectivity index (χ3n) is 4.10. The van der Waals surface area contributed by atoms with Crippen LogP contribution in [0.1, 0.15) is 12.8 Å². The van der Waals surface area contributed by atoms with Crippen molar-refractivity contribution < 1.29 is 4.74 Å². The SMILES string of the molecule is C=C(OC)C1C2CC3C(C2)C31. The Bertz CT molecular complexity index is 207. The van der Waals surface area contributed by atoms with Crippen LogP contribution >= 0.6 is 0 Å². The van der Waals surface area contributed by atoms with Crippen LogP contribution < -0.4 is 0 Å². The van der Waals surface area contributed by atoms with Gasteiger partial charge in [0.15, 0.2) is 0 Å². The summed E-state index contributed by atoms with van der Waals surface area (Å²) in [7, 11) is 1.76. The van der Waals surface area contributed by atoms with Gasteiger partial charge in [0, 0.05) is 5.92 Å². The zero-order chi connectivity index (χ0) is 7.59. The molecule has 4 saturated carbocycles. The predicted octanol–water partition coefficient (Wildman–Crippen LogP) is 2.05. The number of rotatable bonds is 2. The van der Waals surface area contributed by atoms with Gasteiger partial charge in [-0.1, -0.05) is 6.58 Å². The van der Waals surface area contributed by atoms with Gasteiger partial charge in [0.05, 0.1) is 12.9 Å². The second kappa shape index (κ2) is 1.65. The molecule has 0 heterocycles. The molecule has 4 rings (SSSR count). The molecule has 0 saturated heterocycles. The average Bonchev–Trinajstić information content (AvgIpc) is 2.47. The maximum absolute atomic E-state index is 5.23. The second-order valence-corrected chi connectivity index (χ2v) is 4.33. The van der Waals surface area contributed by atoms with Crippen molar-refractivity contribution in [3.05, 3.63) is 12.3 Å². The van der Waals surface area contributed by atoms with E-state index in [1.807, 2.05) is 0 Å². The Labute approximate surface area is 67.4 Å². The van der Waals surface area contributed by atoms with Gasteiger partial charge in [-0.15, -0.1) is 0 Å². The highest BCUT2D eigenvalue weighted by atomic mass is 16.5. The quantitative estimate of drug-likeness (QED) is 0.547. The van der Waals surface area contributed by atoms with E-state index >= 15 is 0 Å². The first-order valence-corrected chi connectivity index (χ1v) is 4.55. The van der Waals surface area contributed by atoms with E-state index in [0.717, 1.165) is 35.3 Å². The normalized spacial score (nSPS) is 56.3. The standard InChI is InChI=1S/C10H14O/c1-5(11-2)9-6-3-7-8(4-6)10(7)9/h6-10H,1,3-4H2,2H3. The summed E-state index contributed by atoms with van der Waals surface area (Å²) in [5.74, 6) is 5.90. The van der Waals surface area contributed by atoms with Gasteiger partial charge in [-0.25, -0.2) is 0 Å². The molecule has 60 valence electrons. The van der Waals surface area contributed by atoms with Crippen LogP contribution in [0.3, 0.4) is 0 Å². The summed E-state index contributed by atoms with van der Waals surface area (Å²) < 4.78 is 5.23. The van der Waals surface area contributed by atoms with Crippen LogP contribution in [-0.4, -0.2) is 7.11 Å². The maximum Gasteiger partial charge on any atom is 0.0920 e. The van der Waals surface area contributed by atoms with Crippen molar-refractivity contribution in [2.24, 2.45) is 29.6 Å². The summed E-state index contributed by atoms with van der Waals surface area (Å²) in [6.45, 7) is 3.99. The number of methoxy groups -OCH3 is 1. The van der Waals surface area contributed by atoms with Gasteiger partial charge in [0.1, 0.15) is 0 Å². The molecule has 0 aromatic heterocycles. The molecule has 0 aromatic rings. The van der Waals surface area contributed by atoms with Crippen molar-refractivity contribution in [3.63, 3.8) is 0 Å². The molecule has 0 N–H and O–H groups in total. The van der Waals surface area contributed by atoms with Crippen LogP contribution in [0.5, 0.6) is 0 Å². The van der Waals surface area contributed by atoms with E-state index in [1.165, 1.54) is 12.8 Å². The molecule has 0 radical (unpaired) electrons. The fourth-order valence-corrected chi connectivity index (χ4v) is 3.69. The number of hydrogen-bond donors (Lipinski definition) is 0. The van der Waals surface area contributed by atoms with Gasteiger partial charge in [0.25, 0.3) is 0 Å². The number of ether oxygens (including phenoxy) is 1. The Morgan fingerprint density at radius 1 is 1.36 bits per heavy atom. The lowest BCUT2D eigenvalue weighted by atomic mass is 9.97. The maximum atomic E-state index is 5.23. The number of hydrogen-bond acceptors (Lipinski definition) is 1. The lowest BCUT2D eigenvalue weighted by Crippen LogP contribution is -2.08. The smallest absolute Gasteiger partial charge is 0.0920 e. The van der Waals surface area contributed by atoms with Crippen molar-refractivity contribution in [3.8, 4) is 0 Å². The molecule has 3 unspecified atom stereocenters. The third kappa shape index (κ3) is 0.545. The van der Waals surface area contributed by atoms with E-state index in [-0.39, 0.29) is 0 Å². The fraction of sp³-hybridized carbons (Fsp3) is 0.800. The van der Waals surface area contributed by atoms with Gasteiger partial charge < -0.3 is 4.74 Å². The predicted molar refractivity (Wildman–Crippen MR) is 42.8 cm³/mol. The summed E-state index contributed by atoms with van der Waals surface area (Å²) in [5, 5.41) is 0. The van der Waals surface area contributed by atoms with Crippen LogP contribution in [-0.2, 0) is 4.74 Å². The minimum Gasteiger partial charge on any atom is -0.501 e. The molecule has 4 fully saturated rings. The summed E-state index contributed by atoms with van der Waals surface area (Å²) in [6, 6.07) is 0. The van der Waals surface area contributed by atoms with Crippen molar-refractivity contribution in [2.75, 3.05) is 7.11 Å². The van der Waals surface area contributed by atoms with Crippen LogP contribution in [0.15, 0.2) is 12.3 Å².